The SMILES string of the molecule is Cc1noc(C)c1CN1CCN(CCC(=O)N2CCCCC2)CC1. The fourth-order valence-corrected chi connectivity index (χ4v) is 3.68. The first-order valence-corrected chi connectivity index (χ1v) is 9.27. The minimum absolute atomic E-state index is 0.341. The highest BCUT2D eigenvalue weighted by Gasteiger charge is 2.21. The molecule has 0 unspecified atom stereocenters. The maximum absolute atomic E-state index is 12.3. The molecule has 0 saturated carbocycles. The summed E-state index contributed by atoms with van der Waals surface area (Å²) in [5.41, 5.74) is 2.23. The smallest absolute Gasteiger partial charge is 0.223 e. The van der Waals surface area contributed by atoms with Crippen LogP contribution in [0.25, 0.3) is 0 Å². The average Bonchev–Trinajstić information content (AvgIpc) is 2.93. The standard InChI is InChI=1S/C18H30N4O2/c1-15-17(16(2)24-19-15)14-21-12-10-20(11-13-21)9-6-18(23)22-7-4-3-5-8-22/h3-14H2,1-2H3. The second kappa shape index (κ2) is 8.12. The maximum atomic E-state index is 12.3. The molecule has 1 aromatic heterocycles. The van der Waals surface area contributed by atoms with E-state index in [2.05, 4.69) is 19.9 Å². The van der Waals surface area contributed by atoms with Gasteiger partial charge in [-0.2, -0.15) is 0 Å². The second-order valence-corrected chi connectivity index (χ2v) is 7.11. The quantitative estimate of drug-likeness (QED) is 0.822. The molecule has 134 valence electrons. The predicted octanol–water partition coefficient (Wildman–Crippen LogP) is 1.81. The van der Waals surface area contributed by atoms with Crippen LogP contribution in [0.2, 0.25) is 0 Å². The average molecular weight is 334 g/mol. The van der Waals surface area contributed by atoms with Crippen LogP contribution in [-0.4, -0.2) is 71.6 Å². The molecule has 0 spiro atoms. The summed E-state index contributed by atoms with van der Waals surface area (Å²) in [6.45, 7) is 11.9. The zero-order valence-corrected chi connectivity index (χ0v) is 15.1. The van der Waals surface area contributed by atoms with Crippen LogP contribution >= 0.6 is 0 Å². The summed E-state index contributed by atoms with van der Waals surface area (Å²) in [6, 6.07) is 0. The zero-order valence-electron chi connectivity index (χ0n) is 15.1. The summed E-state index contributed by atoms with van der Waals surface area (Å²) >= 11 is 0. The number of piperidine rings is 1. The monoisotopic (exact) mass is 334 g/mol. The fraction of sp³-hybridized carbons (Fsp3) is 0.778. The van der Waals surface area contributed by atoms with E-state index in [1.165, 1.54) is 24.8 Å². The highest BCUT2D eigenvalue weighted by Crippen LogP contribution is 2.16. The van der Waals surface area contributed by atoms with Crippen molar-refractivity contribution in [1.29, 1.82) is 0 Å². The van der Waals surface area contributed by atoms with Crippen molar-refractivity contribution in [1.82, 2.24) is 19.9 Å². The van der Waals surface area contributed by atoms with Gasteiger partial charge >= 0.3 is 0 Å². The molecule has 1 amide bonds. The van der Waals surface area contributed by atoms with Gasteiger partial charge in [0.1, 0.15) is 5.76 Å². The van der Waals surface area contributed by atoms with Crippen molar-refractivity contribution in [2.45, 2.75) is 46.1 Å². The van der Waals surface area contributed by atoms with E-state index in [0.29, 0.717) is 12.3 Å². The Labute approximate surface area is 144 Å². The van der Waals surface area contributed by atoms with Crippen LogP contribution in [0, 0.1) is 13.8 Å². The van der Waals surface area contributed by atoms with E-state index < -0.39 is 0 Å². The lowest BCUT2D eigenvalue weighted by Gasteiger charge is -2.35. The van der Waals surface area contributed by atoms with Crippen molar-refractivity contribution in [2.75, 3.05) is 45.8 Å². The predicted molar refractivity (Wildman–Crippen MR) is 92.7 cm³/mol. The Balaban J connectivity index is 1.38. The molecule has 2 aliphatic heterocycles. The van der Waals surface area contributed by atoms with Gasteiger partial charge in [0.05, 0.1) is 5.69 Å². The van der Waals surface area contributed by atoms with Crippen molar-refractivity contribution in [3.8, 4) is 0 Å². The Kier molecular flexibility index (Phi) is 5.89. The number of aryl methyl sites for hydroxylation is 2. The lowest BCUT2D eigenvalue weighted by atomic mass is 10.1. The number of likely N-dealkylation sites (tertiary alicyclic amines) is 1. The molecule has 3 heterocycles. The number of nitrogens with zero attached hydrogens (tertiary/aromatic N) is 4. The van der Waals surface area contributed by atoms with E-state index in [1.807, 2.05) is 13.8 Å². The van der Waals surface area contributed by atoms with Crippen molar-refractivity contribution in [3.63, 3.8) is 0 Å². The molecule has 0 aliphatic carbocycles. The number of amides is 1. The highest BCUT2D eigenvalue weighted by atomic mass is 16.5. The van der Waals surface area contributed by atoms with Gasteiger partial charge in [0, 0.05) is 64.3 Å². The first-order chi connectivity index (χ1) is 11.6. The molecule has 0 bridgehead atoms. The third-order valence-corrected chi connectivity index (χ3v) is 5.38. The van der Waals surface area contributed by atoms with E-state index in [-0.39, 0.29) is 0 Å². The molecule has 6 heteroatoms. The molecule has 0 N–H and O–H groups in total. The Morgan fingerprint density at radius 2 is 1.67 bits per heavy atom. The molecule has 6 nitrogen and oxygen atoms in total. The minimum atomic E-state index is 0.341. The fourth-order valence-electron chi connectivity index (χ4n) is 3.68. The Hall–Kier alpha value is -1.40. The van der Waals surface area contributed by atoms with Crippen LogP contribution in [0.1, 0.15) is 42.7 Å². The first-order valence-electron chi connectivity index (χ1n) is 9.27. The highest BCUT2D eigenvalue weighted by molar-refractivity contribution is 5.76. The van der Waals surface area contributed by atoms with Gasteiger partial charge < -0.3 is 14.3 Å². The summed E-state index contributed by atoms with van der Waals surface area (Å²) < 4.78 is 5.25. The molecule has 2 aliphatic rings. The van der Waals surface area contributed by atoms with Gasteiger partial charge in [0.15, 0.2) is 0 Å². The van der Waals surface area contributed by atoms with Crippen LogP contribution < -0.4 is 0 Å². The lowest BCUT2D eigenvalue weighted by Crippen LogP contribution is -2.47. The number of piperazine rings is 1. The number of hydrogen-bond donors (Lipinski definition) is 0. The van der Waals surface area contributed by atoms with Gasteiger partial charge in [0.2, 0.25) is 5.91 Å². The Morgan fingerprint density at radius 3 is 2.29 bits per heavy atom. The van der Waals surface area contributed by atoms with Crippen LogP contribution in [0.5, 0.6) is 0 Å². The normalized spacial score (nSPS) is 20.5. The molecule has 2 saturated heterocycles. The van der Waals surface area contributed by atoms with Crippen molar-refractivity contribution in [2.24, 2.45) is 0 Å². The molecule has 24 heavy (non-hydrogen) atoms. The zero-order chi connectivity index (χ0) is 16.9. The van der Waals surface area contributed by atoms with Crippen molar-refractivity contribution >= 4 is 5.91 Å². The molecular formula is C18H30N4O2. The van der Waals surface area contributed by atoms with Gasteiger partial charge in [-0.3, -0.25) is 9.69 Å². The molecule has 0 aromatic carbocycles. The molecular weight excluding hydrogens is 304 g/mol. The Morgan fingerprint density at radius 1 is 1.00 bits per heavy atom. The second-order valence-electron chi connectivity index (χ2n) is 7.11. The van der Waals surface area contributed by atoms with Gasteiger partial charge in [-0.15, -0.1) is 0 Å². The number of aromatic nitrogens is 1. The first kappa shape index (κ1) is 17.4. The van der Waals surface area contributed by atoms with Gasteiger partial charge in [-0.1, -0.05) is 5.16 Å². The van der Waals surface area contributed by atoms with Gasteiger partial charge in [-0.05, 0) is 33.1 Å². The van der Waals surface area contributed by atoms with Crippen LogP contribution in [0.3, 0.4) is 0 Å². The molecule has 3 rings (SSSR count). The van der Waals surface area contributed by atoms with Gasteiger partial charge in [0.25, 0.3) is 0 Å². The molecule has 0 radical (unpaired) electrons. The summed E-state index contributed by atoms with van der Waals surface area (Å²) in [7, 11) is 0. The van der Waals surface area contributed by atoms with E-state index in [9.17, 15) is 4.79 Å². The van der Waals surface area contributed by atoms with E-state index in [1.54, 1.807) is 0 Å². The third kappa shape index (κ3) is 4.36. The largest absolute Gasteiger partial charge is 0.361 e. The molecule has 1 aromatic rings. The number of carbonyl (C=O) groups is 1. The number of rotatable bonds is 5. The van der Waals surface area contributed by atoms with Crippen LogP contribution in [0.4, 0.5) is 0 Å². The summed E-state index contributed by atoms with van der Waals surface area (Å²) in [6.07, 6.45) is 4.29. The summed E-state index contributed by atoms with van der Waals surface area (Å²) in [5, 5.41) is 4.04. The maximum Gasteiger partial charge on any atom is 0.223 e. The van der Waals surface area contributed by atoms with E-state index in [4.69, 9.17) is 4.52 Å². The summed E-state index contributed by atoms with van der Waals surface area (Å²) in [5.74, 6) is 1.27. The summed E-state index contributed by atoms with van der Waals surface area (Å²) in [4.78, 5) is 19.2. The lowest BCUT2D eigenvalue weighted by molar-refractivity contribution is -0.132. The topological polar surface area (TPSA) is 52.8 Å². The van der Waals surface area contributed by atoms with Crippen LogP contribution in [0.15, 0.2) is 4.52 Å². The number of carbonyl (C=O) groups excluding carboxylic acids is 1. The number of hydrogen-bond acceptors (Lipinski definition) is 5. The van der Waals surface area contributed by atoms with Gasteiger partial charge in [-0.25, -0.2) is 0 Å². The van der Waals surface area contributed by atoms with Crippen molar-refractivity contribution in [3.05, 3.63) is 17.0 Å². The minimum Gasteiger partial charge on any atom is -0.361 e. The van der Waals surface area contributed by atoms with E-state index in [0.717, 1.165) is 63.8 Å². The molecule has 2 fully saturated rings. The van der Waals surface area contributed by atoms with Crippen molar-refractivity contribution < 1.29 is 9.32 Å². The molecule has 0 atom stereocenters. The van der Waals surface area contributed by atoms with Crippen LogP contribution in [-0.2, 0) is 11.3 Å². The Bertz CT molecular complexity index is 524. The third-order valence-electron chi connectivity index (χ3n) is 5.38. The van der Waals surface area contributed by atoms with E-state index >= 15 is 0 Å².